The maximum absolute atomic E-state index is 12.9. The van der Waals surface area contributed by atoms with Gasteiger partial charge in [0.15, 0.2) is 0 Å². The van der Waals surface area contributed by atoms with Gasteiger partial charge in [0.05, 0.1) is 13.2 Å². The average molecular weight is 346 g/mol. The Kier molecular flexibility index (Phi) is 5.59. The minimum absolute atomic E-state index is 0.0542. The van der Waals surface area contributed by atoms with E-state index >= 15 is 0 Å². The molecular formula is C19H30N4O2. The fraction of sp³-hybridized carbons (Fsp3) is 0.684. The molecule has 2 aliphatic rings. The molecule has 2 aliphatic heterocycles. The average Bonchev–Trinajstić information content (AvgIpc) is 2.68. The number of pyridine rings is 1. The zero-order chi connectivity index (χ0) is 17.9. The number of nitrogens with zero attached hydrogens (tertiary/aromatic N) is 4. The molecule has 2 saturated heterocycles. The molecule has 1 aromatic heterocycles. The molecule has 3 rings (SSSR count). The molecule has 0 saturated carbocycles. The summed E-state index contributed by atoms with van der Waals surface area (Å²) in [6.45, 7) is 7.04. The van der Waals surface area contributed by atoms with Gasteiger partial charge in [-0.1, -0.05) is 6.92 Å². The van der Waals surface area contributed by atoms with Crippen LogP contribution in [0.3, 0.4) is 0 Å². The maximum Gasteiger partial charge on any atom is 0.272 e. The number of likely N-dealkylation sites (tertiary alicyclic amines) is 1. The van der Waals surface area contributed by atoms with Crippen LogP contribution in [-0.2, 0) is 4.74 Å². The van der Waals surface area contributed by atoms with Crippen molar-refractivity contribution >= 4 is 11.6 Å². The van der Waals surface area contributed by atoms with Gasteiger partial charge in [0, 0.05) is 43.6 Å². The van der Waals surface area contributed by atoms with Crippen LogP contribution in [0, 0.1) is 0 Å². The predicted molar refractivity (Wildman–Crippen MR) is 99.1 cm³/mol. The minimum atomic E-state index is 0.0542. The van der Waals surface area contributed by atoms with Gasteiger partial charge in [0.1, 0.15) is 5.69 Å². The summed E-state index contributed by atoms with van der Waals surface area (Å²) in [5.41, 5.74) is 1.84. The van der Waals surface area contributed by atoms with Crippen LogP contribution in [0.1, 0.15) is 36.7 Å². The molecule has 0 N–H and O–H groups in total. The van der Waals surface area contributed by atoms with Crippen molar-refractivity contribution in [2.45, 2.75) is 31.7 Å². The van der Waals surface area contributed by atoms with E-state index in [1.54, 1.807) is 6.20 Å². The number of hydrogen-bond acceptors (Lipinski definition) is 5. The molecule has 25 heavy (non-hydrogen) atoms. The van der Waals surface area contributed by atoms with Crippen LogP contribution in [0.5, 0.6) is 0 Å². The van der Waals surface area contributed by atoms with Gasteiger partial charge in [-0.25, -0.2) is 0 Å². The Morgan fingerprint density at radius 1 is 1.24 bits per heavy atom. The zero-order valence-electron chi connectivity index (χ0n) is 15.7. The number of piperidine rings is 1. The van der Waals surface area contributed by atoms with Crippen molar-refractivity contribution in [2.75, 3.05) is 58.4 Å². The third-order valence-electron chi connectivity index (χ3n) is 5.93. The highest BCUT2D eigenvalue weighted by molar-refractivity contribution is 5.93. The largest absolute Gasteiger partial charge is 0.378 e. The number of amides is 1. The van der Waals surface area contributed by atoms with Crippen LogP contribution in [0.4, 0.5) is 5.69 Å². The van der Waals surface area contributed by atoms with E-state index in [4.69, 9.17) is 4.74 Å². The molecule has 0 aliphatic carbocycles. The van der Waals surface area contributed by atoms with Gasteiger partial charge >= 0.3 is 0 Å². The molecule has 6 heteroatoms. The first-order chi connectivity index (χ1) is 12.1. The summed E-state index contributed by atoms with van der Waals surface area (Å²) in [6, 6.07) is 3.91. The Bertz CT molecular complexity index is 591. The molecule has 1 amide bonds. The van der Waals surface area contributed by atoms with Crippen molar-refractivity contribution in [3.05, 3.63) is 24.0 Å². The van der Waals surface area contributed by atoms with Crippen LogP contribution in [0.25, 0.3) is 0 Å². The van der Waals surface area contributed by atoms with Gasteiger partial charge < -0.3 is 19.4 Å². The van der Waals surface area contributed by atoms with Crippen molar-refractivity contribution in [2.24, 2.45) is 0 Å². The van der Waals surface area contributed by atoms with E-state index in [1.807, 2.05) is 17.0 Å². The smallest absolute Gasteiger partial charge is 0.272 e. The number of aromatic nitrogens is 1. The monoisotopic (exact) mass is 346 g/mol. The lowest BCUT2D eigenvalue weighted by atomic mass is 9.84. The fourth-order valence-electron chi connectivity index (χ4n) is 3.96. The number of carbonyl (C=O) groups excluding carboxylic acids is 1. The van der Waals surface area contributed by atoms with E-state index in [0.29, 0.717) is 5.69 Å². The molecule has 138 valence electrons. The van der Waals surface area contributed by atoms with Crippen LogP contribution in [0.2, 0.25) is 0 Å². The zero-order valence-corrected chi connectivity index (χ0v) is 15.7. The molecule has 2 fully saturated rings. The molecule has 0 unspecified atom stereocenters. The summed E-state index contributed by atoms with van der Waals surface area (Å²) in [7, 11) is 4.29. The van der Waals surface area contributed by atoms with E-state index in [-0.39, 0.29) is 11.4 Å². The van der Waals surface area contributed by atoms with Crippen molar-refractivity contribution < 1.29 is 9.53 Å². The van der Waals surface area contributed by atoms with Gasteiger partial charge in [-0.05, 0) is 45.5 Å². The summed E-state index contributed by atoms with van der Waals surface area (Å²) in [6.07, 6.45) is 4.90. The van der Waals surface area contributed by atoms with Gasteiger partial charge in [0.25, 0.3) is 5.91 Å². The molecule has 1 aromatic rings. The topological polar surface area (TPSA) is 48.9 Å². The molecule has 0 radical (unpaired) electrons. The summed E-state index contributed by atoms with van der Waals surface area (Å²) in [4.78, 5) is 23.8. The number of morpholine rings is 1. The van der Waals surface area contributed by atoms with E-state index in [1.165, 1.54) is 0 Å². The Labute approximate surface area is 150 Å². The van der Waals surface area contributed by atoms with Crippen LogP contribution in [0.15, 0.2) is 18.3 Å². The molecule has 6 nitrogen and oxygen atoms in total. The Morgan fingerprint density at radius 3 is 2.52 bits per heavy atom. The SMILES string of the molecule is CCC1(N(C)C)CCN(C(=O)c2cc(N3CCOCC3)ccn2)CC1. The van der Waals surface area contributed by atoms with Crippen LogP contribution >= 0.6 is 0 Å². The first kappa shape index (κ1) is 18.1. The highest BCUT2D eigenvalue weighted by Gasteiger charge is 2.36. The fourth-order valence-corrected chi connectivity index (χ4v) is 3.96. The Balaban J connectivity index is 1.67. The lowest BCUT2D eigenvalue weighted by Gasteiger charge is -2.45. The van der Waals surface area contributed by atoms with Crippen molar-refractivity contribution in [3.63, 3.8) is 0 Å². The molecular weight excluding hydrogens is 316 g/mol. The Hall–Kier alpha value is -1.66. The van der Waals surface area contributed by atoms with E-state index in [9.17, 15) is 4.79 Å². The van der Waals surface area contributed by atoms with Gasteiger partial charge in [0.2, 0.25) is 0 Å². The highest BCUT2D eigenvalue weighted by atomic mass is 16.5. The second-order valence-corrected chi connectivity index (χ2v) is 7.26. The molecule has 0 aromatic carbocycles. The number of carbonyl (C=O) groups is 1. The summed E-state index contributed by atoms with van der Waals surface area (Å²) < 4.78 is 5.41. The van der Waals surface area contributed by atoms with E-state index < -0.39 is 0 Å². The summed E-state index contributed by atoms with van der Waals surface area (Å²) >= 11 is 0. The highest BCUT2D eigenvalue weighted by Crippen LogP contribution is 2.30. The molecule has 0 spiro atoms. The van der Waals surface area contributed by atoms with Gasteiger partial charge in [-0.15, -0.1) is 0 Å². The summed E-state index contributed by atoms with van der Waals surface area (Å²) in [5.74, 6) is 0.0542. The predicted octanol–water partition coefficient (Wildman–Crippen LogP) is 1.86. The van der Waals surface area contributed by atoms with Crippen molar-refractivity contribution in [1.29, 1.82) is 0 Å². The lowest BCUT2D eigenvalue weighted by molar-refractivity contribution is 0.0406. The standard InChI is InChI=1S/C19H30N4O2/c1-4-19(21(2)3)6-9-23(10-7-19)18(24)17-15-16(5-8-20-17)22-11-13-25-14-12-22/h5,8,15H,4,6-7,9-14H2,1-3H3. The third-order valence-corrected chi connectivity index (χ3v) is 5.93. The van der Waals surface area contributed by atoms with Crippen LogP contribution in [-0.4, -0.2) is 79.7 Å². The molecule has 3 heterocycles. The van der Waals surface area contributed by atoms with Gasteiger partial charge in [-0.2, -0.15) is 0 Å². The number of rotatable bonds is 4. The molecule has 0 bridgehead atoms. The first-order valence-corrected chi connectivity index (χ1v) is 9.31. The lowest BCUT2D eigenvalue weighted by Crippen LogP contribution is -2.53. The van der Waals surface area contributed by atoms with E-state index in [0.717, 1.165) is 64.3 Å². The number of hydrogen-bond donors (Lipinski definition) is 0. The van der Waals surface area contributed by atoms with E-state index in [2.05, 4.69) is 35.8 Å². The summed E-state index contributed by atoms with van der Waals surface area (Å²) in [5, 5.41) is 0. The minimum Gasteiger partial charge on any atom is -0.378 e. The Morgan fingerprint density at radius 2 is 1.92 bits per heavy atom. The van der Waals surface area contributed by atoms with Gasteiger partial charge in [-0.3, -0.25) is 9.78 Å². The third kappa shape index (κ3) is 3.80. The second-order valence-electron chi connectivity index (χ2n) is 7.26. The molecule has 0 atom stereocenters. The maximum atomic E-state index is 12.9. The normalized spacial score (nSPS) is 20.8. The number of anilines is 1. The number of ether oxygens (including phenoxy) is 1. The first-order valence-electron chi connectivity index (χ1n) is 9.31. The quantitative estimate of drug-likeness (QED) is 0.833. The van der Waals surface area contributed by atoms with Crippen molar-refractivity contribution in [1.82, 2.24) is 14.8 Å². The van der Waals surface area contributed by atoms with Crippen molar-refractivity contribution in [3.8, 4) is 0 Å². The van der Waals surface area contributed by atoms with Crippen LogP contribution < -0.4 is 4.90 Å². The second kappa shape index (κ2) is 7.70.